The predicted octanol–water partition coefficient (Wildman–Crippen LogP) is 1.56. The van der Waals surface area contributed by atoms with Crippen LogP contribution in [0.1, 0.15) is 22.6 Å². The van der Waals surface area contributed by atoms with Gasteiger partial charge in [-0.1, -0.05) is 6.07 Å². The number of thiophene rings is 1. The van der Waals surface area contributed by atoms with Crippen LogP contribution in [0.3, 0.4) is 0 Å². The molecule has 1 unspecified atom stereocenters. The van der Waals surface area contributed by atoms with E-state index in [1.165, 1.54) is 4.88 Å². The highest BCUT2D eigenvalue weighted by Crippen LogP contribution is 2.25. The number of aliphatic imine (C=N–C) groups is 1. The van der Waals surface area contributed by atoms with Gasteiger partial charge in [0.05, 0.1) is 25.9 Å². The predicted molar refractivity (Wildman–Crippen MR) is 130 cm³/mol. The lowest BCUT2D eigenvalue weighted by molar-refractivity contribution is 0.0177. The van der Waals surface area contributed by atoms with Gasteiger partial charge >= 0.3 is 0 Å². The zero-order valence-electron chi connectivity index (χ0n) is 17.8. The van der Waals surface area contributed by atoms with Crippen molar-refractivity contribution in [2.24, 2.45) is 12.0 Å². The summed E-state index contributed by atoms with van der Waals surface area (Å²) in [4.78, 5) is 8.53. The molecule has 0 aromatic carbocycles. The highest BCUT2D eigenvalue weighted by atomic mass is 127. The number of halogens is 1. The highest BCUT2D eigenvalue weighted by Gasteiger charge is 2.23. The first-order valence-electron chi connectivity index (χ1n) is 9.90. The molecule has 1 aliphatic rings. The standard InChI is InChI=1S/C19H31N7O2S.HI/c1-15-23-24-18(25(15)2)14-22-19(20-6-9-27-3)21-13-16(17-5-4-12-29-17)26-7-10-28-11-8-26;/h4-5,12,16H,6-11,13-14H2,1-3H3,(H2,20,21,22);1H. The Morgan fingerprint density at radius 3 is 2.77 bits per heavy atom. The molecule has 0 spiro atoms. The van der Waals surface area contributed by atoms with Crippen LogP contribution in [0.5, 0.6) is 0 Å². The minimum atomic E-state index is 0. The number of nitrogens with one attached hydrogen (secondary N) is 2. The average Bonchev–Trinajstić information content (AvgIpc) is 3.38. The molecule has 0 saturated carbocycles. The fourth-order valence-electron chi connectivity index (χ4n) is 3.16. The van der Waals surface area contributed by atoms with Crippen LogP contribution in [-0.2, 0) is 23.1 Å². The number of guanidine groups is 1. The lowest BCUT2D eigenvalue weighted by atomic mass is 10.2. The van der Waals surface area contributed by atoms with Gasteiger partial charge in [-0.2, -0.15) is 0 Å². The van der Waals surface area contributed by atoms with Crippen molar-refractivity contribution >= 4 is 41.3 Å². The Labute approximate surface area is 199 Å². The first kappa shape index (κ1) is 25.0. The molecule has 0 bridgehead atoms. The van der Waals surface area contributed by atoms with Gasteiger partial charge in [0, 0.05) is 45.2 Å². The van der Waals surface area contributed by atoms with E-state index in [0.717, 1.165) is 50.5 Å². The minimum Gasteiger partial charge on any atom is -0.383 e. The highest BCUT2D eigenvalue weighted by molar-refractivity contribution is 14.0. The van der Waals surface area contributed by atoms with Crippen molar-refractivity contribution in [3.8, 4) is 0 Å². The van der Waals surface area contributed by atoms with Gasteiger partial charge in [0.25, 0.3) is 0 Å². The van der Waals surface area contributed by atoms with Gasteiger partial charge in [0.1, 0.15) is 12.4 Å². The van der Waals surface area contributed by atoms with Crippen LogP contribution >= 0.6 is 35.3 Å². The van der Waals surface area contributed by atoms with Crippen molar-refractivity contribution in [2.75, 3.05) is 53.1 Å². The van der Waals surface area contributed by atoms with E-state index in [9.17, 15) is 0 Å². The van der Waals surface area contributed by atoms with Crippen LogP contribution in [0.25, 0.3) is 0 Å². The molecule has 2 N–H and O–H groups in total. The average molecular weight is 549 g/mol. The first-order chi connectivity index (χ1) is 14.2. The normalized spacial score (nSPS) is 16.2. The summed E-state index contributed by atoms with van der Waals surface area (Å²) in [6, 6.07) is 4.59. The summed E-state index contributed by atoms with van der Waals surface area (Å²) in [5, 5.41) is 17.3. The number of aryl methyl sites for hydroxylation is 1. The summed E-state index contributed by atoms with van der Waals surface area (Å²) in [6.45, 7) is 7.88. The van der Waals surface area contributed by atoms with E-state index in [1.807, 2.05) is 18.5 Å². The SMILES string of the molecule is COCCNC(=NCc1nnc(C)n1C)NCC(c1cccs1)N1CCOCC1.I. The lowest BCUT2D eigenvalue weighted by Gasteiger charge is -2.34. The molecule has 3 rings (SSSR count). The summed E-state index contributed by atoms with van der Waals surface area (Å²) < 4.78 is 12.7. The fourth-order valence-corrected chi connectivity index (χ4v) is 4.02. The molecule has 11 heteroatoms. The van der Waals surface area contributed by atoms with E-state index in [0.29, 0.717) is 19.7 Å². The van der Waals surface area contributed by atoms with Gasteiger partial charge in [-0.05, 0) is 18.4 Å². The number of morpholine rings is 1. The largest absolute Gasteiger partial charge is 0.383 e. The van der Waals surface area contributed by atoms with Crippen molar-refractivity contribution in [3.05, 3.63) is 34.0 Å². The number of nitrogens with zero attached hydrogens (tertiary/aromatic N) is 5. The Kier molecular flexibility index (Phi) is 11.0. The summed E-state index contributed by atoms with van der Waals surface area (Å²) >= 11 is 1.79. The lowest BCUT2D eigenvalue weighted by Crippen LogP contribution is -2.46. The quantitative estimate of drug-likeness (QED) is 0.213. The molecule has 2 aromatic heterocycles. The molecule has 0 aliphatic carbocycles. The van der Waals surface area contributed by atoms with E-state index in [2.05, 4.69) is 43.2 Å². The summed E-state index contributed by atoms with van der Waals surface area (Å²) in [7, 11) is 3.65. The molecular formula is C19H32IN7O2S. The second-order valence-corrected chi connectivity index (χ2v) is 7.85. The molecule has 2 aromatic rings. The number of ether oxygens (including phenoxy) is 2. The van der Waals surface area contributed by atoms with E-state index in [-0.39, 0.29) is 30.0 Å². The summed E-state index contributed by atoms with van der Waals surface area (Å²) in [5.41, 5.74) is 0. The topological polar surface area (TPSA) is 88.8 Å². The summed E-state index contributed by atoms with van der Waals surface area (Å²) in [6.07, 6.45) is 0. The van der Waals surface area contributed by atoms with Gasteiger partial charge in [0.2, 0.25) is 0 Å². The number of hydrogen-bond donors (Lipinski definition) is 2. The van der Waals surface area contributed by atoms with Crippen LogP contribution in [0.4, 0.5) is 0 Å². The second kappa shape index (κ2) is 13.2. The third-order valence-corrected chi connectivity index (χ3v) is 5.95. The Bertz CT molecular complexity index is 763. The van der Waals surface area contributed by atoms with Gasteiger partial charge in [-0.3, -0.25) is 4.90 Å². The summed E-state index contributed by atoms with van der Waals surface area (Å²) in [5.74, 6) is 2.46. The first-order valence-corrected chi connectivity index (χ1v) is 10.8. The Balaban J connectivity index is 0.00000320. The Morgan fingerprint density at radius 1 is 1.33 bits per heavy atom. The molecule has 0 amide bonds. The molecule has 168 valence electrons. The second-order valence-electron chi connectivity index (χ2n) is 6.87. The van der Waals surface area contributed by atoms with Crippen molar-refractivity contribution in [1.82, 2.24) is 30.3 Å². The Morgan fingerprint density at radius 2 is 2.13 bits per heavy atom. The van der Waals surface area contributed by atoms with E-state index >= 15 is 0 Å². The fraction of sp³-hybridized carbons (Fsp3) is 0.632. The maximum Gasteiger partial charge on any atom is 0.191 e. The number of methoxy groups -OCH3 is 1. The van der Waals surface area contributed by atoms with Gasteiger partial charge in [-0.25, -0.2) is 4.99 Å². The van der Waals surface area contributed by atoms with Crippen LogP contribution in [0, 0.1) is 6.92 Å². The van der Waals surface area contributed by atoms with E-state index in [4.69, 9.17) is 14.5 Å². The smallest absolute Gasteiger partial charge is 0.191 e. The molecule has 1 aliphatic heterocycles. The maximum absolute atomic E-state index is 5.54. The van der Waals surface area contributed by atoms with E-state index < -0.39 is 0 Å². The van der Waals surface area contributed by atoms with Crippen LogP contribution in [0.15, 0.2) is 22.5 Å². The van der Waals surface area contributed by atoms with E-state index in [1.54, 1.807) is 18.4 Å². The van der Waals surface area contributed by atoms with Gasteiger partial charge < -0.3 is 24.7 Å². The van der Waals surface area contributed by atoms with Crippen LogP contribution in [0.2, 0.25) is 0 Å². The molecule has 1 atom stereocenters. The number of hydrogen-bond acceptors (Lipinski definition) is 7. The number of aromatic nitrogens is 3. The minimum absolute atomic E-state index is 0. The maximum atomic E-state index is 5.54. The van der Waals surface area contributed by atoms with Crippen LogP contribution in [-0.4, -0.2) is 78.7 Å². The zero-order chi connectivity index (χ0) is 20.5. The molecule has 1 saturated heterocycles. The molecule has 30 heavy (non-hydrogen) atoms. The van der Waals surface area contributed by atoms with Crippen molar-refractivity contribution in [3.63, 3.8) is 0 Å². The third kappa shape index (κ3) is 7.15. The molecular weight excluding hydrogens is 517 g/mol. The van der Waals surface area contributed by atoms with Gasteiger partial charge in [0.15, 0.2) is 11.8 Å². The van der Waals surface area contributed by atoms with Crippen molar-refractivity contribution in [2.45, 2.75) is 19.5 Å². The zero-order valence-corrected chi connectivity index (χ0v) is 21.0. The van der Waals surface area contributed by atoms with Gasteiger partial charge in [-0.15, -0.1) is 45.5 Å². The molecule has 0 radical (unpaired) electrons. The molecule has 9 nitrogen and oxygen atoms in total. The third-order valence-electron chi connectivity index (χ3n) is 4.98. The number of rotatable bonds is 9. The molecule has 3 heterocycles. The molecule has 1 fully saturated rings. The Hall–Kier alpha value is -1.28. The van der Waals surface area contributed by atoms with Crippen molar-refractivity contribution < 1.29 is 9.47 Å². The van der Waals surface area contributed by atoms with Crippen LogP contribution < -0.4 is 10.6 Å². The monoisotopic (exact) mass is 549 g/mol. The van der Waals surface area contributed by atoms with Crippen molar-refractivity contribution in [1.29, 1.82) is 0 Å².